The zero-order chi connectivity index (χ0) is 25.4. The van der Waals surface area contributed by atoms with Crippen LogP contribution in [-0.4, -0.2) is 52.5 Å². The largest absolute Gasteiger partial charge is 0.513 e. The smallest absolute Gasteiger partial charge is 0.491 e. The first-order valence-electron chi connectivity index (χ1n) is 12.0. The van der Waals surface area contributed by atoms with Crippen molar-refractivity contribution in [3.8, 4) is 11.5 Å². The third kappa shape index (κ3) is 6.75. The van der Waals surface area contributed by atoms with Gasteiger partial charge < -0.3 is 23.7 Å². The van der Waals surface area contributed by atoms with E-state index < -0.39 is 28.4 Å². The molecule has 0 aliphatic carbocycles. The molecule has 0 amide bonds. The maximum absolute atomic E-state index is 13.6. The molecule has 36 heavy (non-hydrogen) atoms. The van der Waals surface area contributed by atoms with Gasteiger partial charge in [-0.1, -0.05) is 42.5 Å². The van der Waals surface area contributed by atoms with Gasteiger partial charge in [0.15, 0.2) is 16.1 Å². The first-order valence-corrected chi connectivity index (χ1v) is 13.7. The van der Waals surface area contributed by atoms with Gasteiger partial charge in [-0.05, 0) is 50.5 Å². The molecule has 2 atom stereocenters. The Hall–Kier alpha value is -3.14. The van der Waals surface area contributed by atoms with Gasteiger partial charge in [0.1, 0.15) is 24.2 Å². The molecule has 0 radical (unpaired) electrons. The van der Waals surface area contributed by atoms with Crippen molar-refractivity contribution >= 4 is 26.8 Å². The number of carbonyl (C=O) groups excluding carboxylic acids is 1. The number of fused-ring (bicyclic) bond motifs is 1. The lowest BCUT2D eigenvalue weighted by molar-refractivity contribution is -0.188. The van der Waals surface area contributed by atoms with E-state index in [4.69, 9.17) is 23.7 Å². The van der Waals surface area contributed by atoms with Gasteiger partial charge in [-0.3, -0.25) is 0 Å². The van der Waals surface area contributed by atoms with Gasteiger partial charge in [0, 0.05) is 17.4 Å². The Morgan fingerprint density at radius 1 is 1.00 bits per heavy atom. The summed E-state index contributed by atoms with van der Waals surface area (Å²) in [6, 6.07) is 18.9. The Bertz CT molecular complexity index is 1250. The summed E-state index contributed by atoms with van der Waals surface area (Å²) in [5.41, 5.74) is 0. The molecule has 0 N–H and O–H groups in total. The summed E-state index contributed by atoms with van der Waals surface area (Å²) in [4.78, 5) is 12.0. The van der Waals surface area contributed by atoms with Gasteiger partial charge in [0.25, 0.3) is 0 Å². The minimum atomic E-state index is -3.83. The fraction of sp³-hybridized carbons (Fsp3) is 0.370. The van der Waals surface area contributed by atoms with Crippen LogP contribution in [0.4, 0.5) is 4.79 Å². The van der Waals surface area contributed by atoms with Crippen LogP contribution in [0.5, 0.6) is 11.5 Å². The van der Waals surface area contributed by atoms with Crippen molar-refractivity contribution in [2.45, 2.75) is 43.5 Å². The van der Waals surface area contributed by atoms with Crippen LogP contribution in [0.1, 0.15) is 26.2 Å². The number of hydrogen-bond acceptors (Lipinski definition) is 8. The van der Waals surface area contributed by atoms with Crippen LogP contribution >= 0.6 is 0 Å². The summed E-state index contributed by atoms with van der Waals surface area (Å²) in [5.74, 6) is 0.541. The molecule has 1 fully saturated rings. The van der Waals surface area contributed by atoms with Crippen molar-refractivity contribution < 1.29 is 36.9 Å². The molecule has 8 nitrogen and oxygen atoms in total. The number of ether oxygens (including phenoxy) is 5. The molecule has 3 aromatic rings. The van der Waals surface area contributed by atoms with E-state index in [1.165, 1.54) is 6.07 Å². The second-order valence-corrected chi connectivity index (χ2v) is 10.4. The molecule has 1 heterocycles. The highest BCUT2D eigenvalue weighted by Crippen LogP contribution is 2.32. The first kappa shape index (κ1) is 25.9. The maximum Gasteiger partial charge on any atom is 0.513 e. The van der Waals surface area contributed by atoms with Gasteiger partial charge in [0.05, 0.1) is 17.3 Å². The zero-order valence-electron chi connectivity index (χ0n) is 20.1. The summed E-state index contributed by atoms with van der Waals surface area (Å²) in [6.07, 6.45) is 0.525. The SMILES string of the molecule is CCOC(=O)Oc1cccc2c(S(=O)(=O)CC(COc3ccccc3)OC3CCCCO3)cccc12. The molecule has 0 saturated carbocycles. The van der Waals surface area contributed by atoms with E-state index in [0.29, 0.717) is 29.5 Å². The van der Waals surface area contributed by atoms with Crippen LogP contribution in [0.2, 0.25) is 0 Å². The lowest BCUT2D eigenvalue weighted by Gasteiger charge is -2.28. The Balaban J connectivity index is 1.59. The Labute approximate surface area is 211 Å². The molecular weight excluding hydrogens is 484 g/mol. The Morgan fingerprint density at radius 3 is 2.53 bits per heavy atom. The summed E-state index contributed by atoms with van der Waals surface area (Å²) in [5, 5.41) is 0.927. The van der Waals surface area contributed by atoms with E-state index in [9.17, 15) is 13.2 Å². The van der Waals surface area contributed by atoms with E-state index in [-0.39, 0.29) is 29.6 Å². The molecule has 0 bridgehead atoms. The van der Waals surface area contributed by atoms with Gasteiger partial charge in [-0.15, -0.1) is 0 Å². The van der Waals surface area contributed by atoms with Crippen molar-refractivity contribution in [2.24, 2.45) is 0 Å². The van der Waals surface area contributed by atoms with Crippen molar-refractivity contribution in [1.29, 1.82) is 0 Å². The molecule has 1 aliphatic rings. The quantitative estimate of drug-likeness (QED) is 0.271. The highest BCUT2D eigenvalue weighted by molar-refractivity contribution is 7.91. The molecule has 192 valence electrons. The predicted octanol–water partition coefficient (Wildman–Crippen LogP) is 5.14. The lowest BCUT2D eigenvalue weighted by Crippen LogP contribution is -2.36. The summed E-state index contributed by atoms with van der Waals surface area (Å²) >= 11 is 0. The van der Waals surface area contributed by atoms with E-state index in [1.54, 1.807) is 49.4 Å². The second-order valence-electron chi connectivity index (χ2n) is 8.35. The molecule has 9 heteroatoms. The van der Waals surface area contributed by atoms with Gasteiger partial charge in [-0.2, -0.15) is 0 Å². The summed E-state index contributed by atoms with van der Waals surface area (Å²) in [7, 11) is -3.83. The molecular formula is C27H30O8S. The van der Waals surface area contributed by atoms with E-state index >= 15 is 0 Å². The molecule has 2 unspecified atom stereocenters. The lowest BCUT2D eigenvalue weighted by atomic mass is 10.1. The molecule has 1 aliphatic heterocycles. The third-order valence-corrected chi connectivity index (χ3v) is 7.54. The monoisotopic (exact) mass is 514 g/mol. The second kappa shape index (κ2) is 12.2. The summed E-state index contributed by atoms with van der Waals surface area (Å²) in [6.45, 7) is 2.47. The van der Waals surface area contributed by atoms with Crippen LogP contribution < -0.4 is 9.47 Å². The number of hydrogen-bond donors (Lipinski definition) is 0. The summed E-state index contributed by atoms with van der Waals surface area (Å²) < 4.78 is 55.0. The predicted molar refractivity (Wildman–Crippen MR) is 134 cm³/mol. The van der Waals surface area contributed by atoms with Gasteiger partial charge in [-0.25, -0.2) is 13.2 Å². The van der Waals surface area contributed by atoms with Crippen LogP contribution in [0.25, 0.3) is 10.8 Å². The number of carbonyl (C=O) groups is 1. The number of rotatable bonds is 10. The highest BCUT2D eigenvalue weighted by Gasteiger charge is 2.28. The van der Waals surface area contributed by atoms with Crippen LogP contribution in [-0.2, 0) is 24.0 Å². The fourth-order valence-corrected chi connectivity index (χ4v) is 5.69. The molecule has 4 rings (SSSR count). The fourth-order valence-electron chi connectivity index (χ4n) is 4.05. The van der Waals surface area contributed by atoms with Crippen molar-refractivity contribution in [2.75, 3.05) is 25.6 Å². The number of sulfone groups is 1. The van der Waals surface area contributed by atoms with Crippen molar-refractivity contribution in [1.82, 2.24) is 0 Å². The zero-order valence-corrected chi connectivity index (χ0v) is 20.9. The standard InChI is InChI=1S/C27H30O8S/c1-2-31-27(28)35-24-14-8-13-23-22(24)12-9-15-25(23)36(29,30)19-21(34-26-16-6-7-17-32-26)18-33-20-10-4-3-5-11-20/h3-5,8-15,21,26H,2,6-7,16-19H2,1H3. The van der Waals surface area contributed by atoms with Crippen LogP contribution in [0.3, 0.4) is 0 Å². The van der Waals surface area contributed by atoms with Crippen LogP contribution in [0, 0.1) is 0 Å². The maximum atomic E-state index is 13.6. The van der Waals surface area contributed by atoms with E-state index in [2.05, 4.69) is 0 Å². The topological polar surface area (TPSA) is 97.4 Å². The molecule has 3 aromatic carbocycles. The normalized spacial score (nSPS) is 16.9. The van der Waals surface area contributed by atoms with E-state index in [0.717, 1.165) is 12.8 Å². The third-order valence-electron chi connectivity index (χ3n) is 5.70. The highest BCUT2D eigenvalue weighted by atomic mass is 32.2. The average Bonchev–Trinajstić information content (AvgIpc) is 2.88. The van der Waals surface area contributed by atoms with Gasteiger partial charge in [0.2, 0.25) is 0 Å². The van der Waals surface area contributed by atoms with Crippen molar-refractivity contribution in [3.63, 3.8) is 0 Å². The molecule has 0 spiro atoms. The Kier molecular flexibility index (Phi) is 8.79. The minimum absolute atomic E-state index is 0.0467. The number of benzene rings is 3. The van der Waals surface area contributed by atoms with Crippen LogP contribution in [0.15, 0.2) is 71.6 Å². The number of para-hydroxylation sites is 1. The van der Waals surface area contributed by atoms with Crippen molar-refractivity contribution in [3.05, 3.63) is 66.7 Å². The first-order chi connectivity index (χ1) is 17.5. The molecule has 0 aromatic heterocycles. The average molecular weight is 515 g/mol. The Morgan fingerprint density at radius 2 is 1.78 bits per heavy atom. The molecule has 1 saturated heterocycles. The minimum Gasteiger partial charge on any atom is -0.491 e. The van der Waals surface area contributed by atoms with E-state index in [1.807, 2.05) is 18.2 Å². The van der Waals surface area contributed by atoms with Gasteiger partial charge >= 0.3 is 6.16 Å².